The Balaban J connectivity index is 2.36. The molecule has 3 aromatic rings. The molecule has 0 fully saturated rings. The molecule has 2 nitrogen and oxygen atoms in total. The number of fused-ring (bicyclic) bond motifs is 1. The number of benzene rings is 2. The first-order valence-corrected chi connectivity index (χ1v) is 7.80. The monoisotopic (exact) mass is 368 g/mol. The SMILES string of the molecule is Cc1ccc2nc(CCl)n(-c3ccc(Cl)cc3Br)c2c1. The predicted octanol–water partition coefficient (Wildman–Crippen LogP) is 5.49. The fraction of sp³-hybridized carbons (Fsp3) is 0.133. The highest BCUT2D eigenvalue weighted by Crippen LogP contribution is 2.30. The summed E-state index contributed by atoms with van der Waals surface area (Å²) in [6.45, 7) is 2.06. The Morgan fingerprint density at radius 2 is 2.00 bits per heavy atom. The first-order chi connectivity index (χ1) is 9.60. The van der Waals surface area contributed by atoms with E-state index in [1.165, 1.54) is 5.56 Å². The van der Waals surface area contributed by atoms with Crippen molar-refractivity contribution in [3.8, 4) is 5.69 Å². The van der Waals surface area contributed by atoms with Gasteiger partial charge >= 0.3 is 0 Å². The van der Waals surface area contributed by atoms with Crippen LogP contribution in [0.3, 0.4) is 0 Å². The summed E-state index contributed by atoms with van der Waals surface area (Å²) in [7, 11) is 0. The Bertz CT molecular complexity index is 796. The predicted molar refractivity (Wildman–Crippen MR) is 88.1 cm³/mol. The van der Waals surface area contributed by atoms with Crippen molar-refractivity contribution in [1.29, 1.82) is 0 Å². The molecule has 0 radical (unpaired) electrons. The van der Waals surface area contributed by atoms with E-state index < -0.39 is 0 Å². The van der Waals surface area contributed by atoms with Gasteiger partial charge in [-0.05, 0) is 58.7 Å². The summed E-state index contributed by atoms with van der Waals surface area (Å²) in [5, 5.41) is 0.689. The number of alkyl halides is 1. The van der Waals surface area contributed by atoms with Gasteiger partial charge in [0.2, 0.25) is 0 Å². The van der Waals surface area contributed by atoms with Crippen LogP contribution >= 0.6 is 39.1 Å². The second kappa shape index (κ2) is 5.40. The van der Waals surface area contributed by atoms with Crippen molar-refractivity contribution in [2.45, 2.75) is 12.8 Å². The zero-order valence-corrected chi connectivity index (χ0v) is 13.8. The summed E-state index contributed by atoms with van der Waals surface area (Å²) in [5.41, 5.74) is 4.15. The largest absolute Gasteiger partial charge is 0.294 e. The van der Waals surface area contributed by atoms with E-state index in [1.807, 2.05) is 24.3 Å². The van der Waals surface area contributed by atoms with E-state index in [9.17, 15) is 0 Å². The van der Waals surface area contributed by atoms with Crippen LogP contribution in [-0.4, -0.2) is 9.55 Å². The molecule has 0 saturated carbocycles. The highest BCUT2D eigenvalue weighted by atomic mass is 79.9. The zero-order valence-electron chi connectivity index (χ0n) is 10.7. The Hall–Kier alpha value is -1.03. The molecule has 102 valence electrons. The Morgan fingerprint density at radius 3 is 2.70 bits per heavy atom. The van der Waals surface area contributed by atoms with Crippen LogP contribution in [0.5, 0.6) is 0 Å². The number of hydrogen-bond donors (Lipinski definition) is 0. The maximum absolute atomic E-state index is 6.05. The van der Waals surface area contributed by atoms with E-state index in [2.05, 4.69) is 44.5 Å². The maximum atomic E-state index is 6.05. The molecule has 0 bridgehead atoms. The third kappa shape index (κ3) is 2.34. The van der Waals surface area contributed by atoms with E-state index >= 15 is 0 Å². The van der Waals surface area contributed by atoms with Gasteiger partial charge < -0.3 is 0 Å². The minimum Gasteiger partial charge on any atom is -0.294 e. The molecule has 0 amide bonds. The van der Waals surface area contributed by atoms with Crippen molar-refractivity contribution < 1.29 is 0 Å². The second-order valence-electron chi connectivity index (χ2n) is 4.58. The van der Waals surface area contributed by atoms with Gasteiger partial charge in [-0.3, -0.25) is 4.57 Å². The van der Waals surface area contributed by atoms with Gasteiger partial charge in [0.05, 0.1) is 22.6 Å². The van der Waals surface area contributed by atoms with E-state index in [-0.39, 0.29) is 0 Å². The lowest BCUT2D eigenvalue weighted by molar-refractivity contribution is 0.977. The Labute approximate surface area is 135 Å². The molecule has 0 aliphatic carbocycles. The molecule has 20 heavy (non-hydrogen) atoms. The van der Waals surface area contributed by atoms with Crippen LogP contribution in [0.4, 0.5) is 0 Å². The smallest absolute Gasteiger partial charge is 0.129 e. The van der Waals surface area contributed by atoms with Gasteiger partial charge in [0.1, 0.15) is 5.82 Å². The summed E-state index contributed by atoms with van der Waals surface area (Å²) in [5.74, 6) is 1.17. The van der Waals surface area contributed by atoms with Gasteiger partial charge in [-0.15, -0.1) is 11.6 Å². The van der Waals surface area contributed by atoms with Crippen molar-refractivity contribution >= 4 is 50.2 Å². The number of aromatic nitrogens is 2. The first kappa shape index (κ1) is 13.9. The highest BCUT2D eigenvalue weighted by Gasteiger charge is 2.14. The lowest BCUT2D eigenvalue weighted by Crippen LogP contribution is -2.00. The molecule has 0 aliphatic heterocycles. The first-order valence-electron chi connectivity index (χ1n) is 6.09. The molecule has 0 spiro atoms. The van der Waals surface area contributed by atoms with Crippen LogP contribution in [-0.2, 0) is 5.88 Å². The van der Waals surface area contributed by atoms with Crippen molar-refractivity contribution in [2.24, 2.45) is 0 Å². The molecular formula is C15H11BrCl2N2. The number of imidazole rings is 1. The van der Waals surface area contributed by atoms with Gasteiger partial charge in [-0.25, -0.2) is 4.98 Å². The second-order valence-corrected chi connectivity index (χ2v) is 6.14. The summed E-state index contributed by atoms with van der Waals surface area (Å²) in [6.07, 6.45) is 0. The third-order valence-corrected chi connectivity index (χ3v) is 4.26. The van der Waals surface area contributed by atoms with Gasteiger partial charge in [0.25, 0.3) is 0 Å². The molecule has 2 aromatic carbocycles. The van der Waals surface area contributed by atoms with Crippen molar-refractivity contribution in [2.75, 3.05) is 0 Å². The summed E-state index contributed by atoms with van der Waals surface area (Å²) in [4.78, 5) is 4.59. The van der Waals surface area contributed by atoms with Crippen molar-refractivity contribution in [3.05, 3.63) is 57.3 Å². The van der Waals surface area contributed by atoms with Gasteiger partial charge in [-0.1, -0.05) is 17.7 Å². The summed E-state index contributed by atoms with van der Waals surface area (Å²) >= 11 is 15.6. The highest BCUT2D eigenvalue weighted by molar-refractivity contribution is 9.10. The van der Waals surface area contributed by atoms with E-state index in [1.54, 1.807) is 0 Å². The third-order valence-electron chi connectivity index (χ3n) is 3.15. The molecule has 1 heterocycles. The maximum Gasteiger partial charge on any atom is 0.129 e. The summed E-state index contributed by atoms with van der Waals surface area (Å²) in [6, 6.07) is 11.9. The number of nitrogens with zero attached hydrogens (tertiary/aromatic N) is 2. The fourth-order valence-electron chi connectivity index (χ4n) is 2.26. The Kier molecular flexibility index (Phi) is 3.76. The van der Waals surface area contributed by atoms with Crippen LogP contribution in [0, 0.1) is 6.92 Å². The zero-order chi connectivity index (χ0) is 14.3. The standard InChI is InChI=1S/C15H11BrCl2N2/c1-9-2-4-12-14(6-9)20(15(8-17)19-12)13-5-3-10(18)7-11(13)16/h2-7H,8H2,1H3. The van der Waals surface area contributed by atoms with Crippen LogP contribution in [0.15, 0.2) is 40.9 Å². The minimum absolute atomic E-state index is 0.350. The number of hydrogen-bond acceptors (Lipinski definition) is 1. The number of rotatable bonds is 2. The quantitative estimate of drug-likeness (QED) is 0.546. The molecule has 0 atom stereocenters. The van der Waals surface area contributed by atoms with Gasteiger partial charge in [-0.2, -0.15) is 0 Å². The molecule has 0 unspecified atom stereocenters. The molecule has 0 saturated heterocycles. The van der Waals surface area contributed by atoms with E-state index in [4.69, 9.17) is 23.2 Å². The molecule has 3 rings (SSSR count). The van der Waals surface area contributed by atoms with E-state index in [0.29, 0.717) is 10.9 Å². The number of halogens is 3. The molecule has 5 heteroatoms. The average Bonchev–Trinajstić information content (AvgIpc) is 2.76. The minimum atomic E-state index is 0.350. The molecule has 0 aliphatic rings. The lowest BCUT2D eigenvalue weighted by Gasteiger charge is -2.10. The van der Waals surface area contributed by atoms with Gasteiger partial charge in [0.15, 0.2) is 0 Å². The normalized spacial score (nSPS) is 11.2. The van der Waals surface area contributed by atoms with Crippen LogP contribution in [0.1, 0.15) is 11.4 Å². The van der Waals surface area contributed by atoms with Crippen LogP contribution in [0.2, 0.25) is 5.02 Å². The molecular weight excluding hydrogens is 359 g/mol. The fourth-order valence-corrected chi connectivity index (χ4v) is 3.30. The van der Waals surface area contributed by atoms with E-state index in [0.717, 1.165) is 27.0 Å². The lowest BCUT2D eigenvalue weighted by atomic mass is 10.2. The summed E-state index contributed by atoms with van der Waals surface area (Å²) < 4.78 is 2.98. The van der Waals surface area contributed by atoms with Gasteiger partial charge in [0, 0.05) is 9.50 Å². The van der Waals surface area contributed by atoms with Crippen LogP contribution in [0.25, 0.3) is 16.7 Å². The topological polar surface area (TPSA) is 17.8 Å². The van der Waals surface area contributed by atoms with Crippen LogP contribution < -0.4 is 0 Å². The Morgan fingerprint density at radius 1 is 1.20 bits per heavy atom. The van der Waals surface area contributed by atoms with Crippen molar-refractivity contribution in [1.82, 2.24) is 9.55 Å². The van der Waals surface area contributed by atoms with Crippen molar-refractivity contribution in [3.63, 3.8) is 0 Å². The molecule has 1 aromatic heterocycles. The number of aryl methyl sites for hydroxylation is 1. The molecule has 0 N–H and O–H groups in total. The average molecular weight is 370 g/mol.